The van der Waals surface area contributed by atoms with Crippen molar-refractivity contribution in [3.05, 3.63) is 70.5 Å². The lowest BCUT2D eigenvalue weighted by Crippen LogP contribution is -2.12. The van der Waals surface area contributed by atoms with Gasteiger partial charge in [0.25, 0.3) is 0 Å². The van der Waals surface area contributed by atoms with Crippen LogP contribution in [0.25, 0.3) is 0 Å². The lowest BCUT2D eigenvalue weighted by Gasteiger charge is -2.28. The Hall–Kier alpha value is -1.77. The fourth-order valence-corrected chi connectivity index (χ4v) is 3.90. The van der Waals surface area contributed by atoms with Gasteiger partial charge in [-0.2, -0.15) is 0 Å². The molecule has 2 aromatic carbocycles. The predicted octanol–water partition coefficient (Wildman–Crippen LogP) is 6.57. The lowest BCUT2D eigenvalue weighted by atomic mass is 9.78. The summed E-state index contributed by atoms with van der Waals surface area (Å²) in [5, 5.41) is 0. The minimum absolute atomic E-state index is 0.223. The van der Waals surface area contributed by atoms with Crippen molar-refractivity contribution in [2.24, 2.45) is 5.92 Å². The molecule has 0 spiro atoms. The highest BCUT2D eigenvalue weighted by molar-refractivity contribution is 5.27. The molecule has 25 heavy (non-hydrogen) atoms. The van der Waals surface area contributed by atoms with Gasteiger partial charge in [0.05, 0.1) is 0 Å². The van der Waals surface area contributed by atoms with Crippen molar-refractivity contribution in [1.29, 1.82) is 0 Å². The monoisotopic (exact) mass is 346 g/mol. The molecule has 0 radical (unpaired) electrons. The van der Waals surface area contributed by atoms with Gasteiger partial charge >= 0.3 is 0 Å². The molecule has 0 heterocycles. The molecule has 1 saturated carbocycles. The third-order valence-electron chi connectivity index (χ3n) is 5.67. The summed E-state index contributed by atoms with van der Waals surface area (Å²) in [5.74, 6) is -2.04. The Morgan fingerprint density at radius 2 is 1.48 bits per heavy atom. The Kier molecular flexibility index (Phi) is 5.82. The summed E-state index contributed by atoms with van der Waals surface area (Å²) in [6.45, 7) is 2.27. The van der Waals surface area contributed by atoms with Crippen LogP contribution in [0.3, 0.4) is 0 Å². The van der Waals surface area contributed by atoms with Gasteiger partial charge < -0.3 is 0 Å². The van der Waals surface area contributed by atoms with Crippen LogP contribution in [0.1, 0.15) is 61.6 Å². The maximum absolute atomic E-state index is 13.7. The summed E-state index contributed by atoms with van der Waals surface area (Å²) in [5.41, 5.74) is 2.70. The number of benzene rings is 2. The summed E-state index contributed by atoms with van der Waals surface area (Å²) >= 11 is 0. The molecule has 134 valence electrons. The van der Waals surface area contributed by atoms with Crippen LogP contribution >= 0.6 is 0 Å². The first-order valence-electron chi connectivity index (χ1n) is 9.29. The van der Waals surface area contributed by atoms with Crippen molar-refractivity contribution >= 4 is 0 Å². The average Bonchev–Trinajstić information content (AvgIpc) is 2.66. The summed E-state index contributed by atoms with van der Waals surface area (Å²) in [4.78, 5) is 0. The van der Waals surface area contributed by atoms with Crippen LogP contribution in [0.2, 0.25) is 0 Å². The van der Waals surface area contributed by atoms with Gasteiger partial charge in [0.1, 0.15) is 0 Å². The molecule has 0 N–H and O–H groups in total. The largest absolute Gasteiger partial charge is 0.204 e. The number of hydrogen-bond acceptors (Lipinski definition) is 0. The van der Waals surface area contributed by atoms with Gasteiger partial charge in [-0.3, -0.25) is 0 Å². The lowest BCUT2D eigenvalue weighted by molar-refractivity contribution is 0.319. The predicted molar refractivity (Wildman–Crippen MR) is 95.2 cm³/mol. The second kappa shape index (κ2) is 8.07. The molecule has 0 bridgehead atoms. The molecule has 1 fully saturated rings. The van der Waals surface area contributed by atoms with E-state index in [0.29, 0.717) is 18.8 Å². The van der Waals surface area contributed by atoms with Crippen LogP contribution < -0.4 is 0 Å². The Labute approximate surface area is 148 Å². The van der Waals surface area contributed by atoms with Crippen molar-refractivity contribution in [3.63, 3.8) is 0 Å². The fourth-order valence-electron chi connectivity index (χ4n) is 3.90. The summed E-state index contributed by atoms with van der Waals surface area (Å²) < 4.78 is 40.0. The second-order valence-electron chi connectivity index (χ2n) is 7.20. The number of rotatable bonds is 5. The summed E-state index contributed by atoms with van der Waals surface area (Å²) in [6.07, 6.45) is 7.42. The van der Waals surface area contributed by atoms with E-state index in [9.17, 15) is 13.2 Å². The van der Waals surface area contributed by atoms with Crippen LogP contribution in [0.15, 0.2) is 36.4 Å². The Morgan fingerprint density at radius 1 is 0.800 bits per heavy atom. The molecule has 0 nitrogen and oxygen atoms in total. The summed E-state index contributed by atoms with van der Waals surface area (Å²) in [7, 11) is 0. The van der Waals surface area contributed by atoms with Gasteiger partial charge in [0, 0.05) is 0 Å². The maximum atomic E-state index is 13.7. The molecule has 1 aliphatic rings. The van der Waals surface area contributed by atoms with Crippen molar-refractivity contribution in [3.8, 4) is 0 Å². The molecule has 1 aliphatic carbocycles. The quantitative estimate of drug-likeness (QED) is 0.537. The first kappa shape index (κ1) is 18.0. The van der Waals surface area contributed by atoms with E-state index < -0.39 is 17.5 Å². The minimum Gasteiger partial charge on any atom is -0.204 e. The van der Waals surface area contributed by atoms with E-state index in [2.05, 4.69) is 31.2 Å². The molecular formula is C22H25F3. The molecule has 3 heteroatoms. The van der Waals surface area contributed by atoms with E-state index in [4.69, 9.17) is 0 Å². The topological polar surface area (TPSA) is 0 Å². The second-order valence-corrected chi connectivity index (χ2v) is 7.20. The third-order valence-corrected chi connectivity index (χ3v) is 5.67. The van der Waals surface area contributed by atoms with Crippen LogP contribution in [0, 0.1) is 23.4 Å². The molecular weight excluding hydrogens is 321 g/mol. The maximum Gasteiger partial charge on any atom is 0.194 e. The van der Waals surface area contributed by atoms with E-state index in [1.807, 2.05) is 0 Å². The van der Waals surface area contributed by atoms with Gasteiger partial charge in [0.2, 0.25) is 0 Å². The van der Waals surface area contributed by atoms with E-state index in [1.54, 1.807) is 0 Å². The van der Waals surface area contributed by atoms with Crippen molar-refractivity contribution in [2.45, 2.75) is 57.8 Å². The van der Waals surface area contributed by atoms with Crippen LogP contribution in [-0.2, 0) is 12.8 Å². The van der Waals surface area contributed by atoms with Gasteiger partial charge in [0.15, 0.2) is 17.5 Å². The Bertz CT molecular complexity index is 698. The van der Waals surface area contributed by atoms with Crippen LogP contribution in [0.5, 0.6) is 0 Å². The van der Waals surface area contributed by atoms with E-state index >= 15 is 0 Å². The molecule has 0 aromatic heterocycles. The van der Waals surface area contributed by atoms with Gasteiger partial charge in [-0.15, -0.1) is 0 Å². The highest BCUT2D eigenvalue weighted by Gasteiger charge is 2.21. The molecule has 0 aliphatic heterocycles. The minimum atomic E-state index is -1.38. The molecule has 0 atom stereocenters. The van der Waals surface area contributed by atoms with Gasteiger partial charge in [-0.1, -0.05) is 43.7 Å². The number of halogens is 3. The number of aryl methyl sites for hydroxylation is 2. The van der Waals surface area contributed by atoms with Gasteiger partial charge in [-0.25, -0.2) is 13.2 Å². The molecule has 3 rings (SSSR count). The van der Waals surface area contributed by atoms with Crippen molar-refractivity contribution in [1.82, 2.24) is 0 Å². The highest BCUT2D eigenvalue weighted by atomic mass is 19.2. The van der Waals surface area contributed by atoms with E-state index in [-0.39, 0.29) is 5.56 Å². The Balaban J connectivity index is 1.59. The zero-order chi connectivity index (χ0) is 17.8. The smallest absolute Gasteiger partial charge is 0.194 e. The molecule has 0 amide bonds. The Morgan fingerprint density at radius 3 is 2.12 bits per heavy atom. The van der Waals surface area contributed by atoms with E-state index in [1.165, 1.54) is 43.7 Å². The van der Waals surface area contributed by atoms with Crippen molar-refractivity contribution < 1.29 is 13.2 Å². The van der Waals surface area contributed by atoms with Crippen LogP contribution in [-0.4, -0.2) is 0 Å². The highest BCUT2D eigenvalue weighted by Crippen LogP contribution is 2.36. The van der Waals surface area contributed by atoms with Crippen LogP contribution in [0.4, 0.5) is 13.2 Å². The first-order chi connectivity index (χ1) is 12.1. The normalized spacial score (nSPS) is 20.6. The molecule has 2 aromatic rings. The SMILES string of the molecule is CCC1CCC(c2ccc(CCc3ccc(F)c(F)c3F)cc2)CC1. The van der Waals surface area contributed by atoms with Crippen molar-refractivity contribution in [2.75, 3.05) is 0 Å². The first-order valence-corrected chi connectivity index (χ1v) is 9.29. The fraction of sp³-hybridized carbons (Fsp3) is 0.455. The third kappa shape index (κ3) is 4.26. The van der Waals surface area contributed by atoms with Gasteiger partial charge in [-0.05, 0) is 73.1 Å². The standard InChI is InChI=1S/C22H25F3/c1-2-15-3-8-17(9-4-15)18-10-5-16(6-11-18)7-12-19-13-14-20(23)22(25)21(19)24/h5-6,10-11,13-15,17H,2-4,7-9,12H2,1H3. The zero-order valence-electron chi connectivity index (χ0n) is 14.7. The molecule has 0 saturated heterocycles. The molecule has 0 unspecified atom stereocenters. The summed E-state index contributed by atoms with van der Waals surface area (Å²) in [6, 6.07) is 10.8. The van der Waals surface area contributed by atoms with E-state index in [0.717, 1.165) is 17.5 Å². The number of hydrogen-bond donors (Lipinski definition) is 0. The zero-order valence-corrected chi connectivity index (χ0v) is 14.7. The average molecular weight is 346 g/mol.